The predicted molar refractivity (Wildman–Crippen MR) is 67.5 cm³/mol. The Hall–Kier alpha value is -0.0800. The lowest BCUT2D eigenvalue weighted by atomic mass is 9.69. The van der Waals surface area contributed by atoms with Crippen LogP contribution in [0.15, 0.2) is 0 Å². The molecule has 0 aromatic heterocycles. The summed E-state index contributed by atoms with van der Waals surface area (Å²) in [5.74, 6) is 0. The van der Waals surface area contributed by atoms with Crippen molar-refractivity contribution >= 4 is 0 Å². The lowest BCUT2D eigenvalue weighted by Crippen LogP contribution is -2.38. The summed E-state index contributed by atoms with van der Waals surface area (Å²) < 4.78 is 5.40. The Morgan fingerprint density at radius 2 is 1.62 bits per heavy atom. The molecule has 0 atom stereocenters. The Bertz CT molecular complexity index is 221. The summed E-state index contributed by atoms with van der Waals surface area (Å²) in [7, 11) is 1.74. The molecule has 1 aliphatic rings. The molecule has 2 heteroatoms. The van der Waals surface area contributed by atoms with Crippen LogP contribution in [-0.2, 0) is 4.74 Å². The van der Waals surface area contributed by atoms with Crippen LogP contribution in [0.3, 0.4) is 0 Å². The third-order valence-corrected chi connectivity index (χ3v) is 4.28. The van der Waals surface area contributed by atoms with Crippen molar-refractivity contribution in [1.29, 1.82) is 0 Å². The quantitative estimate of drug-likeness (QED) is 0.797. The monoisotopic (exact) mass is 228 g/mol. The molecule has 0 radical (unpaired) electrons. The minimum Gasteiger partial charge on any atom is -0.390 e. The Labute approximate surface area is 100 Å². The fourth-order valence-electron chi connectivity index (χ4n) is 2.28. The molecule has 0 unspecified atom stereocenters. The first-order chi connectivity index (χ1) is 7.18. The van der Waals surface area contributed by atoms with Gasteiger partial charge in [0.25, 0.3) is 0 Å². The predicted octanol–water partition coefficient (Wildman–Crippen LogP) is 3.52. The highest BCUT2D eigenvalue weighted by Gasteiger charge is 2.37. The Kier molecular flexibility index (Phi) is 4.07. The highest BCUT2D eigenvalue weighted by atomic mass is 16.5. The lowest BCUT2D eigenvalue weighted by molar-refractivity contribution is -0.0585. The van der Waals surface area contributed by atoms with Crippen LogP contribution in [0.2, 0.25) is 0 Å². The third kappa shape index (κ3) is 4.06. The van der Waals surface area contributed by atoms with E-state index in [4.69, 9.17) is 4.74 Å². The minimum absolute atomic E-state index is 0.108. The van der Waals surface area contributed by atoms with Crippen molar-refractivity contribution in [2.24, 2.45) is 5.41 Å². The normalized spacial score (nSPS) is 24.4. The molecule has 0 aromatic carbocycles. The second-order valence-corrected chi connectivity index (χ2v) is 6.85. The lowest BCUT2D eigenvalue weighted by Gasteiger charge is -2.41. The van der Waals surface area contributed by atoms with Crippen LogP contribution in [0.5, 0.6) is 0 Å². The Morgan fingerprint density at radius 1 is 1.12 bits per heavy atom. The topological polar surface area (TPSA) is 29.5 Å². The summed E-state index contributed by atoms with van der Waals surface area (Å²) in [6, 6.07) is 0. The fourth-order valence-corrected chi connectivity index (χ4v) is 2.28. The van der Waals surface area contributed by atoms with Crippen molar-refractivity contribution in [3.05, 3.63) is 0 Å². The van der Waals surface area contributed by atoms with Gasteiger partial charge in [-0.3, -0.25) is 0 Å². The Balaban J connectivity index is 2.43. The molecule has 96 valence electrons. The van der Waals surface area contributed by atoms with Gasteiger partial charge in [0.1, 0.15) is 0 Å². The van der Waals surface area contributed by atoms with Crippen molar-refractivity contribution in [1.82, 2.24) is 0 Å². The van der Waals surface area contributed by atoms with E-state index in [1.54, 1.807) is 7.11 Å². The first-order valence-corrected chi connectivity index (χ1v) is 6.46. The van der Waals surface area contributed by atoms with Crippen LogP contribution in [0.4, 0.5) is 0 Å². The van der Waals surface area contributed by atoms with Crippen molar-refractivity contribution < 1.29 is 9.84 Å². The van der Waals surface area contributed by atoms with Gasteiger partial charge in [-0.05, 0) is 57.8 Å². The largest absolute Gasteiger partial charge is 0.390 e. The third-order valence-electron chi connectivity index (χ3n) is 4.28. The number of hydrogen-bond acceptors (Lipinski definition) is 2. The fraction of sp³-hybridized carbons (Fsp3) is 1.00. The Morgan fingerprint density at radius 3 is 2.06 bits per heavy atom. The van der Waals surface area contributed by atoms with Gasteiger partial charge in [0.15, 0.2) is 0 Å². The highest BCUT2D eigenvalue weighted by molar-refractivity contribution is 4.90. The van der Waals surface area contributed by atoms with Gasteiger partial charge in [0, 0.05) is 7.11 Å². The number of methoxy groups -OCH3 is 1. The van der Waals surface area contributed by atoms with Gasteiger partial charge in [-0.2, -0.15) is 0 Å². The number of ether oxygens (including phenoxy) is 1. The van der Waals surface area contributed by atoms with E-state index < -0.39 is 5.60 Å². The molecule has 0 aromatic rings. The van der Waals surface area contributed by atoms with E-state index in [0.29, 0.717) is 5.41 Å². The van der Waals surface area contributed by atoms with E-state index >= 15 is 0 Å². The van der Waals surface area contributed by atoms with Gasteiger partial charge in [-0.1, -0.05) is 13.8 Å². The highest BCUT2D eigenvalue weighted by Crippen LogP contribution is 2.42. The van der Waals surface area contributed by atoms with Crippen molar-refractivity contribution in [3.63, 3.8) is 0 Å². The maximum atomic E-state index is 10.5. The van der Waals surface area contributed by atoms with Crippen molar-refractivity contribution in [2.45, 2.75) is 77.4 Å². The molecule has 1 N–H and O–H groups in total. The smallest absolute Gasteiger partial charge is 0.0649 e. The molecule has 0 spiro atoms. The summed E-state index contributed by atoms with van der Waals surface area (Å²) in [5.41, 5.74) is -0.128. The van der Waals surface area contributed by atoms with E-state index in [-0.39, 0.29) is 5.60 Å². The molecule has 0 heterocycles. The summed E-state index contributed by atoms with van der Waals surface area (Å²) in [4.78, 5) is 0. The summed E-state index contributed by atoms with van der Waals surface area (Å²) >= 11 is 0. The maximum Gasteiger partial charge on any atom is 0.0649 e. The molecule has 1 aliphatic carbocycles. The van der Waals surface area contributed by atoms with Crippen LogP contribution in [0.1, 0.15) is 66.2 Å². The van der Waals surface area contributed by atoms with Crippen LogP contribution in [0, 0.1) is 5.41 Å². The molecule has 1 fully saturated rings. The van der Waals surface area contributed by atoms with Gasteiger partial charge in [0.05, 0.1) is 11.2 Å². The molecule has 16 heavy (non-hydrogen) atoms. The summed E-state index contributed by atoms with van der Waals surface area (Å²) in [6.07, 6.45) is 5.96. The SMILES string of the molecule is COC(C)(C)CCC1(O)CCC(C)(C)CC1. The molecule has 0 aliphatic heterocycles. The molecule has 0 bridgehead atoms. The van der Waals surface area contributed by atoms with E-state index in [2.05, 4.69) is 27.7 Å². The second kappa shape index (κ2) is 4.66. The summed E-state index contributed by atoms with van der Waals surface area (Å²) in [6.45, 7) is 8.77. The van der Waals surface area contributed by atoms with Gasteiger partial charge in [0.2, 0.25) is 0 Å². The molecular formula is C14H28O2. The molecular weight excluding hydrogens is 200 g/mol. The standard InChI is InChI=1S/C14H28O2/c1-12(2)6-9-14(15,10-7-12)11-8-13(3,4)16-5/h15H,6-11H2,1-5H3. The van der Waals surface area contributed by atoms with E-state index in [0.717, 1.165) is 38.5 Å². The van der Waals surface area contributed by atoms with Crippen molar-refractivity contribution in [3.8, 4) is 0 Å². The second-order valence-electron chi connectivity index (χ2n) is 6.85. The van der Waals surface area contributed by atoms with E-state index in [1.165, 1.54) is 0 Å². The van der Waals surface area contributed by atoms with Gasteiger partial charge < -0.3 is 9.84 Å². The first-order valence-electron chi connectivity index (χ1n) is 6.46. The van der Waals surface area contributed by atoms with Gasteiger partial charge >= 0.3 is 0 Å². The zero-order valence-electron chi connectivity index (χ0n) is 11.6. The minimum atomic E-state index is -0.439. The average Bonchev–Trinajstić information content (AvgIpc) is 2.21. The zero-order valence-corrected chi connectivity index (χ0v) is 11.6. The zero-order chi connectivity index (χ0) is 12.4. The molecule has 0 amide bonds. The summed E-state index contributed by atoms with van der Waals surface area (Å²) in [5, 5.41) is 10.5. The van der Waals surface area contributed by atoms with E-state index in [9.17, 15) is 5.11 Å². The number of rotatable bonds is 4. The van der Waals surface area contributed by atoms with Crippen LogP contribution in [0.25, 0.3) is 0 Å². The number of aliphatic hydroxyl groups is 1. The van der Waals surface area contributed by atoms with Crippen LogP contribution in [-0.4, -0.2) is 23.4 Å². The van der Waals surface area contributed by atoms with Crippen LogP contribution < -0.4 is 0 Å². The average molecular weight is 228 g/mol. The first kappa shape index (κ1) is 14.0. The number of hydrogen-bond donors (Lipinski definition) is 1. The van der Waals surface area contributed by atoms with Crippen LogP contribution >= 0.6 is 0 Å². The van der Waals surface area contributed by atoms with Gasteiger partial charge in [-0.15, -0.1) is 0 Å². The molecule has 2 nitrogen and oxygen atoms in total. The van der Waals surface area contributed by atoms with Crippen molar-refractivity contribution in [2.75, 3.05) is 7.11 Å². The molecule has 1 rings (SSSR count). The maximum absolute atomic E-state index is 10.5. The van der Waals surface area contributed by atoms with E-state index in [1.807, 2.05) is 0 Å². The van der Waals surface area contributed by atoms with Gasteiger partial charge in [-0.25, -0.2) is 0 Å². The molecule has 1 saturated carbocycles. The molecule has 0 saturated heterocycles.